The Morgan fingerprint density at radius 1 is 1.21 bits per heavy atom. The van der Waals surface area contributed by atoms with Gasteiger partial charge in [0.25, 0.3) is 0 Å². The lowest BCUT2D eigenvalue weighted by Gasteiger charge is -2.44. The second-order valence-electron chi connectivity index (χ2n) is 9.00. The Hall–Kier alpha value is -3.26. The van der Waals surface area contributed by atoms with Crippen LogP contribution in [-0.2, 0) is 12.0 Å². The molecule has 1 saturated carbocycles. The number of allylic oxidation sites excluding steroid dienone is 1. The number of hydrogen-bond acceptors (Lipinski definition) is 3. The Balaban J connectivity index is 1.58. The number of anilines is 1. The van der Waals surface area contributed by atoms with E-state index < -0.39 is 34.8 Å². The molecule has 1 aliphatic carbocycles. The molecule has 0 atom stereocenters. The van der Waals surface area contributed by atoms with Gasteiger partial charge in [0.1, 0.15) is 5.69 Å². The molecule has 6 nitrogen and oxygen atoms in total. The van der Waals surface area contributed by atoms with Gasteiger partial charge in [0.05, 0.1) is 12.1 Å². The van der Waals surface area contributed by atoms with Crippen LogP contribution in [0.25, 0.3) is 0 Å². The van der Waals surface area contributed by atoms with Gasteiger partial charge in [-0.05, 0) is 56.0 Å². The van der Waals surface area contributed by atoms with Crippen LogP contribution >= 0.6 is 0 Å². The monoisotopic (exact) mass is 454 g/mol. The summed E-state index contributed by atoms with van der Waals surface area (Å²) in [5, 5.41) is 6.18. The van der Waals surface area contributed by atoms with Gasteiger partial charge >= 0.3 is 6.03 Å². The van der Waals surface area contributed by atoms with Crippen LogP contribution in [0.1, 0.15) is 47.2 Å². The fourth-order valence-electron chi connectivity index (χ4n) is 5.25. The van der Waals surface area contributed by atoms with E-state index >= 15 is 0 Å². The zero-order valence-electron chi connectivity index (χ0n) is 18.6. The van der Waals surface area contributed by atoms with E-state index in [2.05, 4.69) is 29.3 Å². The molecular formula is C25H28F2N4O2. The Bertz CT molecular complexity index is 1090. The molecule has 1 heterocycles. The second-order valence-corrected chi connectivity index (χ2v) is 9.00. The second kappa shape index (κ2) is 8.59. The van der Waals surface area contributed by atoms with Gasteiger partial charge < -0.3 is 16.4 Å². The summed E-state index contributed by atoms with van der Waals surface area (Å²) in [7, 11) is 1.91. The topological polar surface area (TPSA) is 87.5 Å². The van der Waals surface area contributed by atoms with Crippen LogP contribution in [-0.4, -0.2) is 31.1 Å². The van der Waals surface area contributed by atoms with Crippen LogP contribution in [0.3, 0.4) is 0 Å². The van der Waals surface area contributed by atoms with Crippen molar-refractivity contribution in [1.29, 1.82) is 0 Å². The Kier molecular flexibility index (Phi) is 5.97. The predicted molar refractivity (Wildman–Crippen MR) is 123 cm³/mol. The minimum atomic E-state index is -0.992. The number of urea groups is 1. The number of rotatable bonds is 6. The van der Waals surface area contributed by atoms with Gasteiger partial charge in [-0.25, -0.2) is 13.6 Å². The van der Waals surface area contributed by atoms with Crippen LogP contribution < -0.4 is 21.3 Å². The summed E-state index contributed by atoms with van der Waals surface area (Å²) in [6.45, 7) is 4.99. The third-order valence-electron chi connectivity index (χ3n) is 7.06. The number of halogens is 2. The van der Waals surface area contributed by atoms with E-state index in [1.165, 1.54) is 11.1 Å². The smallest absolute Gasteiger partial charge is 0.322 e. The first-order chi connectivity index (χ1) is 15.7. The Morgan fingerprint density at radius 2 is 1.85 bits per heavy atom. The summed E-state index contributed by atoms with van der Waals surface area (Å²) in [5.41, 5.74) is 5.97. The van der Waals surface area contributed by atoms with Crippen molar-refractivity contribution < 1.29 is 18.4 Å². The van der Waals surface area contributed by atoms with Gasteiger partial charge in [0.15, 0.2) is 11.6 Å². The molecule has 0 bridgehead atoms. The molecule has 0 radical (unpaired) electrons. The summed E-state index contributed by atoms with van der Waals surface area (Å²) in [4.78, 5) is 25.2. The van der Waals surface area contributed by atoms with Crippen LogP contribution in [0.2, 0.25) is 0 Å². The highest BCUT2D eigenvalue weighted by Gasteiger charge is 2.49. The maximum atomic E-state index is 14.7. The molecule has 33 heavy (non-hydrogen) atoms. The van der Waals surface area contributed by atoms with Gasteiger partial charge in [-0.15, -0.1) is 6.58 Å². The highest BCUT2D eigenvalue weighted by Crippen LogP contribution is 2.47. The minimum absolute atomic E-state index is 0.140. The normalized spacial score (nSPS) is 24.7. The van der Waals surface area contributed by atoms with Crippen molar-refractivity contribution >= 4 is 17.6 Å². The van der Waals surface area contributed by atoms with Gasteiger partial charge in [0, 0.05) is 17.5 Å². The number of amides is 3. The number of benzene rings is 2. The van der Waals surface area contributed by atoms with E-state index in [1.54, 1.807) is 0 Å². The summed E-state index contributed by atoms with van der Waals surface area (Å²) in [6, 6.07) is 9.42. The molecular weight excluding hydrogens is 426 g/mol. The highest BCUT2D eigenvalue weighted by molar-refractivity contribution is 5.97. The number of nitrogens with one attached hydrogen (secondary N) is 2. The van der Waals surface area contributed by atoms with E-state index in [4.69, 9.17) is 5.73 Å². The van der Waals surface area contributed by atoms with E-state index in [0.717, 1.165) is 36.4 Å². The Labute approximate surface area is 191 Å². The quantitative estimate of drug-likeness (QED) is 0.581. The summed E-state index contributed by atoms with van der Waals surface area (Å²) >= 11 is 0. The first kappa shape index (κ1) is 22.9. The van der Waals surface area contributed by atoms with Crippen LogP contribution in [0.5, 0.6) is 0 Å². The first-order valence-corrected chi connectivity index (χ1v) is 11.0. The van der Waals surface area contributed by atoms with Gasteiger partial charge in [-0.1, -0.05) is 30.3 Å². The molecule has 1 saturated heterocycles. The minimum Gasteiger partial charge on any atom is -0.366 e. The van der Waals surface area contributed by atoms with Crippen molar-refractivity contribution in [3.63, 3.8) is 0 Å². The number of nitrogens with two attached hydrogens (primary N) is 1. The maximum Gasteiger partial charge on any atom is 0.322 e. The molecule has 0 unspecified atom stereocenters. The predicted octanol–water partition coefficient (Wildman–Crippen LogP) is 3.75. The van der Waals surface area contributed by atoms with E-state index in [1.807, 2.05) is 25.3 Å². The van der Waals surface area contributed by atoms with Crippen LogP contribution in [0, 0.1) is 11.6 Å². The lowest BCUT2D eigenvalue weighted by molar-refractivity contribution is 0.0999. The summed E-state index contributed by atoms with van der Waals surface area (Å²) in [5.74, 6) is -2.92. The molecule has 2 aliphatic rings. The van der Waals surface area contributed by atoms with Gasteiger partial charge in [-0.3, -0.25) is 9.69 Å². The molecule has 174 valence electrons. The number of carbonyl (C=O) groups is 2. The van der Waals surface area contributed by atoms with Gasteiger partial charge in [-0.2, -0.15) is 0 Å². The molecule has 3 amide bonds. The molecule has 2 aromatic carbocycles. The Morgan fingerprint density at radius 3 is 2.42 bits per heavy atom. The van der Waals surface area contributed by atoms with Crippen molar-refractivity contribution in [1.82, 2.24) is 10.6 Å². The van der Waals surface area contributed by atoms with Crippen molar-refractivity contribution in [2.45, 2.75) is 43.2 Å². The van der Waals surface area contributed by atoms with Crippen molar-refractivity contribution in [2.75, 3.05) is 18.5 Å². The van der Waals surface area contributed by atoms with E-state index in [-0.39, 0.29) is 17.5 Å². The number of carbonyl (C=O) groups excluding carboxylic acids is 2. The molecule has 4 rings (SSSR count). The third kappa shape index (κ3) is 3.99. The third-order valence-corrected chi connectivity index (χ3v) is 7.06. The van der Waals surface area contributed by atoms with E-state index in [9.17, 15) is 18.4 Å². The summed E-state index contributed by atoms with van der Waals surface area (Å²) in [6.07, 6.45) is 4.76. The maximum absolute atomic E-state index is 14.7. The number of primary amides is 1. The van der Waals surface area contributed by atoms with Crippen molar-refractivity contribution in [3.05, 3.63) is 77.4 Å². The van der Waals surface area contributed by atoms with E-state index in [0.29, 0.717) is 12.8 Å². The SMILES string of the molecule is C=CC1(c2ccccc2CNC)CCC2(CC1)CN(c1c(F)cc(C(N)=O)cc1F)C(=O)N2. The lowest BCUT2D eigenvalue weighted by Crippen LogP contribution is -2.49. The molecule has 1 spiro atoms. The molecule has 1 aliphatic heterocycles. The zero-order valence-corrected chi connectivity index (χ0v) is 18.6. The number of nitrogens with zero attached hydrogens (tertiary/aromatic N) is 1. The highest BCUT2D eigenvalue weighted by atomic mass is 19.1. The van der Waals surface area contributed by atoms with Crippen LogP contribution in [0.15, 0.2) is 49.1 Å². The molecule has 2 aromatic rings. The average Bonchev–Trinajstić information content (AvgIpc) is 3.10. The molecule has 4 N–H and O–H groups in total. The molecule has 0 aromatic heterocycles. The van der Waals surface area contributed by atoms with Crippen molar-refractivity contribution in [3.8, 4) is 0 Å². The zero-order chi connectivity index (χ0) is 23.8. The largest absolute Gasteiger partial charge is 0.366 e. The van der Waals surface area contributed by atoms with Crippen molar-refractivity contribution in [2.24, 2.45) is 5.73 Å². The number of hydrogen-bond donors (Lipinski definition) is 3. The average molecular weight is 455 g/mol. The molecule has 8 heteroatoms. The summed E-state index contributed by atoms with van der Waals surface area (Å²) < 4.78 is 29.4. The van der Waals surface area contributed by atoms with Gasteiger partial charge in [0.2, 0.25) is 5.91 Å². The fourth-order valence-corrected chi connectivity index (χ4v) is 5.25. The van der Waals surface area contributed by atoms with Crippen LogP contribution in [0.4, 0.5) is 19.3 Å². The molecule has 2 fully saturated rings. The standard InChI is InChI=1S/C25H28F2N4O2/c1-3-24(18-7-5-4-6-16(18)14-29-2)8-10-25(11-9-24)15-31(23(33)30-25)21-19(26)12-17(22(28)32)13-20(21)27/h3-7,12-13,29H,1,8-11,14-15H2,2H3,(H2,28,32)(H,30,33). The lowest BCUT2D eigenvalue weighted by atomic mass is 9.63. The fraction of sp³-hybridized carbons (Fsp3) is 0.360. The first-order valence-electron chi connectivity index (χ1n) is 11.0.